The van der Waals surface area contributed by atoms with E-state index < -0.39 is 0 Å². The summed E-state index contributed by atoms with van der Waals surface area (Å²) in [5.41, 5.74) is 7.03. The van der Waals surface area contributed by atoms with Crippen LogP contribution in [0.4, 0.5) is 5.69 Å². The molecule has 0 saturated carbocycles. The zero-order valence-electron chi connectivity index (χ0n) is 14.7. The summed E-state index contributed by atoms with van der Waals surface area (Å²) >= 11 is 0. The van der Waals surface area contributed by atoms with Gasteiger partial charge in [-0.3, -0.25) is 9.69 Å². The monoisotopic (exact) mass is 332 g/mol. The van der Waals surface area contributed by atoms with E-state index in [2.05, 4.69) is 16.8 Å². The lowest BCUT2D eigenvalue weighted by molar-refractivity contribution is 0.0475. The van der Waals surface area contributed by atoms with E-state index in [1.807, 2.05) is 4.90 Å². The fourth-order valence-electron chi connectivity index (χ4n) is 3.68. The number of nitrogens with two attached hydrogens (primary N) is 1. The van der Waals surface area contributed by atoms with Crippen LogP contribution in [0.5, 0.6) is 5.75 Å². The fourth-order valence-corrected chi connectivity index (χ4v) is 3.68. The number of amides is 1. The second kappa shape index (κ2) is 7.40. The largest absolute Gasteiger partial charge is 0.495 e. The van der Waals surface area contributed by atoms with Crippen LogP contribution in [0.25, 0.3) is 0 Å². The molecular weight excluding hydrogens is 304 g/mol. The summed E-state index contributed by atoms with van der Waals surface area (Å²) in [6, 6.07) is 5.93. The molecule has 1 aromatic carbocycles. The number of likely N-dealkylation sites (tertiary alicyclic amines) is 1. The van der Waals surface area contributed by atoms with Crippen molar-refractivity contribution < 1.29 is 9.53 Å². The summed E-state index contributed by atoms with van der Waals surface area (Å²) in [7, 11) is 3.76. The molecule has 1 amide bonds. The van der Waals surface area contributed by atoms with Crippen molar-refractivity contribution in [2.24, 2.45) is 0 Å². The number of ether oxygens (including phenoxy) is 1. The summed E-state index contributed by atoms with van der Waals surface area (Å²) in [5.74, 6) is 0.627. The Labute approximate surface area is 144 Å². The number of benzene rings is 1. The molecule has 2 saturated heterocycles. The van der Waals surface area contributed by atoms with Gasteiger partial charge >= 0.3 is 0 Å². The van der Waals surface area contributed by atoms with E-state index in [1.54, 1.807) is 25.3 Å². The third-order valence-electron chi connectivity index (χ3n) is 5.29. The molecule has 0 radical (unpaired) electrons. The first-order chi connectivity index (χ1) is 11.6. The zero-order valence-corrected chi connectivity index (χ0v) is 14.7. The summed E-state index contributed by atoms with van der Waals surface area (Å²) in [5, 5.41) is 0. The van der Waals surface area contributed by atoms with Crippen molar-refractivity contribution in [1.29, 1.82) is 0 Å². The Kier molecular flexibility index (Phi) is 5.26. The van der Waals surface area contributed by atoms with Crippen molar-refractivity contribution in [3.63, 3.8) is 0 Å². The van der Waals surface area contributed by atoms with Gasteiger partial charge in [0.2, 0.25) is 0 Å². The van der Waals surface area contributed by atoms with Crippen molar-refractivity contribution in [1.82, 2.24) is 14.7 Å². The topological polar surface area (TPSA) is 62.0 Å². The second-order valence-electron chi connectivity index (χ2n) is 6.82. The molecular formula is C18H28N4O2. The van der Waals surface area contributed by atoms with Gasteiger partial charge in [0.05, 0.1) is 12.8 Å². The molecule has 2 N–H and O–H groups in total. The maximum absolute atomic E-state index is 12.7. The highest BCUT2D eigenvalue weighted by molar-refractivity contribution is 5.95. The second-order valence-corrected chi connectivity index (χ2v) is 6.82. The number of nitrogen functional groups attached to an aromatic ring is 1. The average Bonchev–Trinajstić information content (AvgIpc) is 2.62. The Morgan fingerprint density at radius 1 is 1.12 bits per heavy atom. The van der Waals surface area contributed by atoms with E-state index >= 15 is 0 Å². The number of anilines is 1. The molecule has 132 valence electrons. The van der Waals surface area contributed by atoms with E-state index in [4.69, 9.17) is 10.5 Å². The number of carbonyl (C=O) groups excluding carboxylic acids is 1. The number of carbonyl (C=O) groups is 1. The zero-order chi connectivity index (χ0) is 17.1. The highest BCUT2D eigenvalue weighted by Gasteiger charge is 2.28. The summed E-state index contributed by atoms with van der Waals surface area (Å²) in [6.07, 6.45) is 2.47. The lowest BCUT2D eigenvalue weighted by Crippen LogP contribution is -2.54. The van der Waals surface area contributed by atoms with Crippen molar-refractivity contribution in [2.75, 3.05) is 59.2 Å². The molecule has 0 aromatic heterocycles. The Balaban J connectivity index is 1.57. The normalized spacial score (nSPS) is 21.0. The molecule has 0 bridgehead atoms. The number of rotatable bonds is 3. The summed E-state index contributed by atoms with van der Waals surface area (Å²) in [6.45, 7) is 5.86. The number of hydrogen-bond donors (Lipinski definition) is 1. The molecule has 2 heterocycles. The van der Waals surface area contributed by atoms with Gasteiger partial charge < -0.3 is 20.3 Å². The smallest absolute Gasteiger partial charge is 0.254 e. The first-order valence-electron chi connectivity index (χ1n) is 8.74. The molecule has 24 heavy (non-hydrogen) atoms. The molecule has 2 aliphatic heterocycles. The first kappa shape index (κ1) is 17.0. The molecule has 6 nitrogen and oxygen atoms in total. The van der Waals surface area contributed by atoms with Gasteiger partial charge in [0.25, 0.3) is 5.91 Å². The van der Waals surface area contributed by atoms with Gasteiger partial charge in [0.15, 0.2) is 0 Å². The number of piperidine rings is 1. The minimum absolute atomic E-state index is 0.0660. The minimum Gasteiger partial charge on any atom is -0.495 e. The van der Waals surface area contributed by atoms with E-state index in [0.29, 0.717) is 23.0 Å². The summed E-state index contributed by atoms with van der Waals surface area (Å²) < 4.78 is 5.22. The lowest BCUT2D eigenvalue weighted by atomic mass is 10.0. The van der Waals surface area contributed by atoms with Crippen molar-refractivity contribution >= 4 is 11.6 Å². The lowest BCUT2D eigenvalue weighted by Gasteiger charge is -2.42. The average molecular weight is 332 g/mol. The Morgan fingerprint density at radius 3 is 2.42 bits per heavy atom. The van der Waals surface area contributed by atoms with Gasteiger partial charge in [-0.05, 0) is 51.2 Å². The SMILES string of the molecule is COc1cc(C(=O)N2CCN(C3CCN(C)CC3)CC2)ccc1N. The van der Waals surface area contributed by atoms with Gasteiger partial charge in [-0.15, -0.1) is 0 Å². The van der Waals surface area contributed by atoms with Gasteiger partial charge in [-0.1, -0.05) is 0 Å². The maximum Gasteiger partial charge on any atom is 0.254 e. The van der Waals surface area contributed by atoms with Gasteiger partial charge in [0, 0.05) is 37.8 Å². The van der Waals surface area contributed by atoms with Crippen molar-refractivity contribution in [2.45, 2.75) is 18.9 Å². The van der Waals surface area contributed by atoms with Gasteiger partial charge in [-0.2, -0.15) is 0 Å². The number of hydrogen-bond acceptors (Lipinski definition) is 5. The van der Waals surface area contributed by atoms with Crippen molar-refractivity contribution in [3.05, 3.63) is 23.8 Å². The Bertz CT molecular complexity index is 576. The highest BCUT2D eigenvalue weighted by Crippen LogP contribution is 2.24. The molecule has 3 rings (SSSR count). The van der Waals surface area contributed by atoms with Crippen LogP contribution < -0.4 is 10.5 Å². The van der Waals surface area contributed by atoms with Crippen LogP contribution in [-0.2, 0) is 0 Å². The van der Waals surface area contributed by atoms with E-state index in [-0.39, 0.29) is 5.91 Å². The predicted octanol–water partition coefficient (Wildman–Crippen LogP) is 1.13. The predicted molar refractivity (Wildman–Crippen MR) is 95.4 cm³/mol. The van der Waals surface area contributed by atoms with Crippen LogP contribution in [0, 0.1) is 0 Å². The highest BCUT2D eigenvalue weighted by atomic mass is 16.5. The van der Waals surface area contributed by atoms with Crippen LogP contribution in [0.3, 0.4) is 0 Å². The minimum atomic E-state index is 0.0660. The molecule has 1 aromatic rings. The molecule has 6 heteroatoms. The van der Waals surface area contributed by atoms with Crippen LogP contribution in [0.2, 0.25) is 0 Å². The molecule has 0 atom stereocenters. The van der Waals surface area contributed by atoms with Gasteiger partial charge in [0.1, 0.15) is 5.75 Å². The Morgan fingerprint density at radius 2 is 1.79 bits per heavy atom. The molecule has 0 spiro atoms. The standard InChI is InChI=1S/C18H28N4O2/c1-20-7-5-15(6-8-20)21-9-11-22(12-10-21)18(23)14-3-4-16(19)17(13-14)24-2/h3-4,13,15H,5-12,19H2,1-2H3. The van der Waals surface area contributed by atoms with E-state index in [0.717, 1.165) is 26.2 Å². The maximum atomic E-state index is 12.7. The van der Waals surface area contributed by atoms with Crippen LogP contribution >= 0.6 is 0 Å². The molecule has 0 unspecified atom stereocenters. The van der Waals surface area contributed by atoms with Crippen LogP contribution in [0.15, 0.2) is 18.2 Å². The van der Waals surface area contributed by atoms with Gasteiger partial charge in [-0.25, -0.2) is 0 Å². The fraction of sp³-hybridized carbons (Fsp3) is 0.611. The Hall–Kier alpha value is -1.79. The molecule has 0 aliphatic carbocycles. The molecule has 2 fully saturated rings. The number of methoxy groups -OCH3 is 1. The van der Waals surface area contributed by atoms with Crippen LogP contribution in [0.1, 0.15) is 23.2 Å². The number of piperazine rings is 1. The quantitative estimate of drug-likeness (QED) is 0.841. The van der Waals surface area contributed by atoms with Crippen LogP contribution in [-0.4, -0.2) is 80.1 Å². The third kappa shape index (κ3) is 3.65. The molecule has 2 aliphatic rings. The summed E-state index contributed by atoms with van der Waals surface area (Å²) in [4.78, 5) is 19.6. The third-order valence-corrected chi connectivity index (χ3v) is 5.29. The van der Waals surface area contributed by atoms with Crippen molar-refractivity contribution in [3.8, 4) is 5.75 Å². The van der Waals surface area contributed by atoms with E-state index in [9.17, 15) is 4.79 Å². The van der Waals surface area contributed by atoms with E-state index in [1.165, 1.54) is 25.9 Å². The number of nitrogens with zero attached hydrogens (tertiary/aromatic N) is 3. The first-order valence-corrected chi connectivity index (χ1v) is 8.74.